The molecule has 0 atom stereocenters. The Morgan fingerprint density at radius 2 is 2.10 bits per heavy atom. The summed E-state index contributed by atoms with van der Waals surface area (Å²) < 4.78 is 6.60. The first-order chi connectivity index (χ1) is 10.2. The summed E-state index contributed by atoms with van der Waals surface area (Å²) >= 11 is 3.47. The molecule has 1 amide bonds. The molecular weight excluding hydrogens is 332 g/mol. The summed E-state index contributed by atoms with van der Waals surface area (Å²) in [4.78, 5) is 12.5. The lowest BCUT2D eigenvalue weighted by atomic mass is 10.1. The first-order valence-electron chi connectivity index (χ1n) is 6.73. The molecule has 0 unspecified atom stereocenters. The quantitative estimate of drug-likeness (QED) is 0.869. The second-order valence-corrected chi connectivity index (χ2v) is 5.68. The normalized spacial score (nSPS) is 12.9. The van der Waals surface area contributed by atoms with Gasteiger partial charge < -0.3 is 15.4 Å². The number of anilines is 2. The number of amides is 1. The number of carbonyl (C=O) groups is 1. The predicted molar refractivity (Wildman–Crippen MR) is 87.3 cm³/mol. The molecule has 21 heavy (non-hydrogen) atoms. The van der Waals surface area contributed by atoms with Crippen LogP contribution in [0.1, 0.15) is 15.9 Å². The molecule has 0 saturated carbocycles. The number of fused-ring (bicyclic) bond motifs is 1. The minimum Gasteiger partial charge on any atom is -0.489 e. The number of halogens is 1. The molecule has 0 spiro atoms. The van der Waals surface area contributed by atoms with Gasteiger partial charge in [-0.15, -0.1) is 0 Å². The van der Waals surface area contributed by atoms with Crippen LogP contribution in [0.2, 0.25) is 0 Å². The number of carbonyl (C=O) groups excluding carboxylic acids is 1. The zero-order valence-corrected chi connectivity index (χ0v) is 13.2. The first-order valence-corrected chi connectivity index (χ1v) is 7.52. The molecule has 0 aliphatic carbocycles. The summed E-state index contributed by atoms with van der Waals surface area (Å²) in [5, 5.41) is 6.17. The van der Waals surface area contributed by atoms with Gasteiger partial charge in [0.2, 0.25) is 0 Å². The first kappa shape index (κ1) is 13.9. The van der Waals surface area contributed by atoms with Gasteiger partial charge in [0.05, 0.1) is 11.3 Å². The number of nitrogens with one attached hydrogen (secondary N) is 2. The van der Waals surface area contributed by atoms with E-state index < -0.39 is 0 Å². The molecule has 1 heterocycles. The van der Waals surface area contributed by atoms with Gasteiger partial charge in [-0.25, -0.2) is 0 Å². The van der Waals surface area contributed by atoms with E-state index in [9.17, 15) is 4.79 Å². The van der Waals surface area contributed by atoms with Crippen LogP contribution in [0, 0.1) is 6.92 Å². The van der Waals surface area contributed by atoms with Crippen LogP contribution in [0.15, 0.2) is 40.9 Å². The fourth-order valence-electron chi connectivity index (χ4n) is 2.28. The third-order valence-corrected chi connectivity index (χ3v) is 4.30. The number of para-hydroxylation sites is 1. The largest absolute Gasteiger partial charge is 0.489 e. The van der Waals surface area contributed by atoms with Gasteiger partial charge in [0.15, 0.2) is 5.75 Å². The van der Waals surface area contributed by atoms with Crippen molar-refractivity contribution >= 4 is 33.2 Å². The van der Waals surface area contributed by atoms with Crippen molar-refractivity contribution in [1.82, 2.24) is 0 Å². The zero-order chi connectivity index (χ0) is 14.8. The molecule has 0 saturated heterocycles. The van der Waals surface area contributed by atoms with Crippen molar-refractivity contribution in [2.75, 3.05) is 23.8 Å². The van der Waals surface area contributed by atoms with Crippen LogP contribution in [0.25, 0.3) is 0 Å². The van der Waals surface area contributed by atoms with Crippen LogP contribution < -0.4 is 15.4 Å². The third-order valence-electron chi connectivity index (χ3n) is 3.44. The second-order valence-electron chi connectivity index (χ2n) is 4.82. The molecule has 108 valence electrons. The Balaban J connectivity index is 1.91. The topological polar surface area (TPSA) is 50.4 Å². The van der Waals surface area contributed by atoms with Crippen molar-refractivity contribution in [1.29, 1.82) is 0 Å². The van der Waals surface area contributed by atoms with Crippen LogP contribution in [0.5, 0.6) is 5.75 Å². The Bertz CT molecular complexity index is 701. The van der Waals surface area contributed by atoms with Gasteiger partial charge in [-0.2, -0.15) is 0 Å². The summed E-state index contributed by atoms with van der Waals surface area (Å²) in [6, 6.07) is 11.3. The summed E-state index contributed by atoms with van der Waals surface area (Å²) in [6.45, 7) is 3.27. The molecule has 1 aliphatic rings. The SMILES string of the molecule is Cc1c(Br)cccc1NC(=O)c1cccc2c1OCCN2. The monoisotopic (exact) mass is 346 g/mol. The molecular formula is C16H15BrN2O2. The van der Waals surface area contributed by atoms with E-state index >= 15 is 0 Å². The van der Waals surface area contributed by atoms with E-state index in [2.05, 4.69) is 26.6 Å². The van der Waals surface area contributed by atoms with Crippen LogP contribution in [-0.2, 0) is 0 Å². The van der Waals surface area contributed by atoms with Crippen LogP contribution in [-0.4, -0.2) is 19.1 Å². The Labute approximate surface area is 131 Å². The Morgan fingerprint density at radius 3 is 2.95 bits per heavy atom. The molecule has 0 radical (unpaired) electrons. The standard InChI is InChI=1S/C16H15BrN2O2/c1-10-12(17)5-3-6-13(10)19-16(20)11-4-2-7-14-15(11)21-9-8-18-14/h2-7,18H,8-9H2,1H3,(H,19,20). The highest BCUT2D eigenvalue weighted by Gasteiger charge is 2.19. The molecule has 4 nitrogen and oxygen atoms in total. The molecule has 0 bridgehead atoms. The molecule has 1 aliphatic heterocycles. The van der Waals surface area contributed by atoms with E-state index in [-0.39, 0.29) is 5.91 Å². The van der Waals surface area contributed by atoms with Gasteiger partial charge in [-0.1, -0.05) is 28.1 Å². The third kappa shape index (κ3) is 2.74. The summed E-state index contributed by atoms with van der Waals surface area (Å²) in [5.74, 6) is 0.450. The van der Waals surface area contributed by atoms with Crippen LogP contribution in [0.4, 0.5) is 11.4 Å². The number of hydrogen-bond donors (Lipinski definition) is 2. The van der Waals surface area contributed by atoms with Crippen molar-refractivity contribution in [3.63, 3.8) is 0 Å². The van der Waals surface area contributed by atoms with Crippen molar-refractivity contribution in [3.05, 3.63) is 52.0 Å². The maximum Gasteiger partial charge on any atom is 0.259 e. The molecule has 3 rings (SSSR count). The fraction of sp³-hybridized carbons (Fsp3) is 0.188. The lowest BCUT2D eigenvalue weighted by Gasteiger charge is -2.21. The second kappa shape index (κ2) is 5.77. The van der Waals surface area contributed by atoms with E-state index in [1.807, 2.05) is 37.3 Å². The van der Waals surface area contributed by atoms with Crippen molar-refractivity contribution in [3.8, 4) is 5.75 Å². The lowest BCUT2D eigenvalue weighted by Crippen LogP contribution is -2.22. The minimum absolute atomic E-state index is 0.170. The smallest absolute Gasteiger partial charge is 0.259 e. The lowest BCUT2D eigenvalue weighted by molar-refractivity contribution is 0.102. The van der Waals surface area contributed by atoms with Gasteiger partial charge in [0.1, 0.15) is 6.61 Å². The average Bonchev–Trinajstić information content (AvgIpc) is 2.51. The predicted octanol–water partition coefficient (Wildman–Crippen LogP) is 3.81. The summed E-state index contributed by atoms with van der Waals surface area (Å²) in [5.41, 5.74) is 3.18. The molecule has 2 aromatic carbocycles. The highest BCUT2D eigenvalue weighted by Crippen LogP contribution is 2.32. The van der Waals surface area contributed by atoms with Gasteiger partial charge in [0.25, 0.3) is 5.91 Å². The summed E-state index contributed by atoms with van der Waals surface area (Å²) in [6.07, 6.45) is 0. The van der Waals surface area contributed by atoms with E-state index in [1.54, 1.807) is 6.07 Å². The maximum absolute atomic E-state index is 12.5. The van der Waals surface area contributed by atoms with Gasteiger partial charge >= 0.3 is 0 Å². The maximum atomic E-state index is 12.5. The van der Waals surface area contributed by atoms with E-state index in [1.165, 1.54) is 0 Å². The highest BCUT2D eigenvalue weighted by atomic mass is 79.9. The molecule has 5 heteroatoms. The minimum atomic E-state index is -0.170. The Morgan fingerprint density at radius 1 is 1.29 bits per heavy atom. The zero-order valence-electron chi connectivity index (χ0n) is 11.6. The Kier molecular flexibility index (Phi) is 3.84. The molecule has 2 aromatic rings. The van der Waals surface area contributed by atoms with Gasteiger partial charge in [-0.3, -0.25) is 4.79 Å². The number of rotatable bonds is 2. The number of benzene rings is 2. The Hall–Kier alpha value is -2.01. The van der Waals surface area contributed by atoms with E-state index in [4.69, 9.17) is 4.74 Å². The number of hydrogen-bond acceptors (Lipinski definition) is 3. The highest BCUT2D eigenvalue weighted by molar-refractivity contribution is 9.10. The molecule has 0 fully saturated rings. The van der Waals surface area contributed by atoms with Crippen molar-refractivity contribution < 1.29 is 9.53 Å². The van der Waals surface area contributed by atoms with Gasteiger partial charge in [0, 0.05) is 16.7 Å². The van der Waals surface area contributed by atoms with E-state index in [0.29, 0.717) is 17.9 Å². The summed E-state index contributed by atoms with van der Waals surface area (Å²) in [7, 11) is 0. The fourth-order valence-corrected chi connectivity index (χ4v) is 2.65. The van der Waals surface area contributed by atoms with Crippen molar-refractivity contribution in [2.45, 2.75) is 6.92 Å². The van der Waals surface area contributed by atoms with Gasteiger partial charge in [-0.05, 0) is 36.8 Å². The van der Waals surface area contributed by atoms with Crippen molar-refractivity contribution in [2.24, 2.45) is 0 Å². The molecule has 2 N–H and O–H groups in total. The van der Waals surface area contributed by atoms with Crippen LogP contribution in [0.3, 0.4) is 0 Å². The average molecular weight is 347 g/mol. The van der Waals surface area contributed by atoms with Crippen LogP contribution >= 0.6 is 15.9 Å². The molecule has 0 aromatic heterocycles. The number of ether oxygens (including phenoxy) is 1. The van der Waals surface area contributed by atoms with E-state index in [0.717, 1.165) is 28.0 Å².